The monoisotopic (exact) mass is 352 g/mol. The van der Waals surface area contributed by atoms with E-state index in [1.54, 1.807) is 0 Å². The standard InChI is InChI=1S/C10H14N2O3S2.C6H6/c1-17(14,15)12-10-8(9(11)13)6-4-2-3-5-7(6)16-10;1-2-4-6-5-3-1/h12H,2-5H2,1H3,(H2,11,13);1-6H. The van der Waals surface area contributed by atoms with Crippen LogP contribution in [0.15, 0.2) is 36.4 Å². The van der Waals surface area contributed by atoms with Crippen molar-refractivity contribution in [1.82, 2.24) is 0 Å². The van der Waals surface area contributed by atoms with E-state index in [2.05, 4.69) is 4.72 Å². The van der Waals surface area contributed by atoms with Gasteiger partial charge in [-0.3, -0.25) is 9.52 Å². The van der Waals surface area contributed by atoms with E-state index in [1.165, 1.54) is 11.3 Å². The Morgan fingerprint density at radius 2 is 1.61 bits per heavy atom. The van der Waals surface area contributed by atoms with Crippen molar-refractivity contribution in [3.63, 3.8) is 0 Å². The van der Waals surface area contributed by atoms with E-state index in [4.69, 9.17) is 5.73 Å². The molecule has 0 bridgehead atoms. The molecule has 0 fully saturated rings. The number of sulfonamides is 1. The lowest BCUT2D eigenvalue weighted by Crippen LogP contribution is -2.17. The summed E-state index contributed by atoms with van der Waals surface area (Å²) in [6.07, 6.45) is 4.85. The van der Waals surface area contributed by atoms with Crippen LogP contribution in [0.3, 0.4) is 0 Å². The number of fused-ring (bicyclic) bond motifs is 1. The van der Waals surface area contributed by atoms with Gasteiger partial charge >= 0.3 is 0 Å². The quantitative estimate of drug-likeness (QED) is 0.890. The van der Waals surface area contributed by atoms with Crippen molar-refractivity contribution in [3.05, 3.63) is 52.4 Å². The lowest BCUT2D eigenvalue weighted by atomic mass is 9.95. The molecule has 1 aromatic heterocycles. The van der Waals surface area contributed by atoms with Crippen LogP contribution in [0.2, 0.25) is 0 Å². The molecule has 0 atom stereocenters. The fourth-order valence-corrected chi connectivity index (χ4v) is 4.66. The average molecular weight is 352 g/mol. The van der Waals surface area contributed by atoms with Crippen molar-refractivity contribution in [2.75, 3.05) is 11.0 Å². The van der Waals surface area contributed by atoms with Crippen molar-refractivity contribution in [2.24, 2.45) is 5.73 Å². The highest BCUT2D eigenvalue weighted by molar-refractivity contribution is 7.92. The second kappa shape index (κ2) is 7.61. The first kappa shape index (κ1) is 17.5. The van der Waals surface area contributed by atoms with Crippen LogP contribution in [-0.2, 0) is 22.9 Å². The van der Waals surface area contributed by atoms with Gasteiger partial charge in [-0.15, -0.1) is 11.3 Å². The largest absolute Gasteiger partial charge is 0.365 e. The van der Waals surface area contributed by atoms with Gasteiger partial charge in [0.25, 0.3) is 5.91 Å². The number of carbonyl (C=O) groups excluding carboxylic acids is 1. The number of amides is 1. The molecular formula is C16H20N2O3S2. The van der Waals surface area contributed by atoms with Crippen LogP contribution in [0.1, 0.15) is 33.6 Å². The maximum atomic E-state index is 11.4. The molecule has 1 amide bonds. The molecule has 0 radical (unpaired) electrons. The first-order chi connectivity index (χ1) is 10.9. The lowest BCUT2D eigenvalue weighted by molar-refractivity contribution is 0.100. The smallest absolute Gasteiger partial charge is 0.252 e. The molecule has 5 nitrogen and oxygen atoms in total. The number of anilines is 1. The number of nitrogens with one attached hydrogen (secondary N) is 1. The minimum absolute atomic E-state index is 0.357. The highest BCUT2D eigenvalue weighted by Gasteiger charge is 2.25. The number of thiophene rings is 1. The summed E-state index contributed by atoms with van der Waals surface area (Å²) in [6.45, 7) is 0. The highest BCUT2D eigenvalue weighted by atomic mass is 32.2. The molecule has 7 heteroatoms. The molecule has 0 saturated carbocycles. The summed E-state index contributed by atoms with van der Waals surface area (Å²) < 4.78 is 24.8. The second-order valence-electron chi connectivity index (χ2n) is 5.31. The van der Waals surface area contributed by atoms with Crippen molar-refractivity contribution >= 4 is 32.3 Å². The van der Waals surface area contributed by atoms with Gasteiger partial charge in [0, 0.05) is 4.88 Å². The van der Waals surface area contributed by atoms with Crippen molar-refractivity contribution in [2.45, 2.75) is 25.7 Å². The molecule has 0 unspecified atom stereocenters. The summed E-state index contributed by atoms with van der Waals surface area (Å²) in [5.74, 6) is -0.560. The van der Waals surface area contributed by atoms with Crippen LogP contribution in [-0.4, -0.2) is 20.6 Å². The summed E-state index contributed by atoms with van der Waals surface area (Å²) in [5, 5.41) is 0.368. The molecule has 1 aliphatic rings. The molecule has 2 aromatic rings. The lowest BCUT2D eigenvalue weighted by Gasteiger charge is -2.11. The summed E-state index contributed by atoms with van der Waals surface area (Å²) in [5.41, 5.74) is 6.62. The SMILES string of the molecule is CS(=O)(=O)Nc1sc2c(c1C(N)=O)CCCC2.c1ccccc1. The third kappa shape index (κ3) is 5.07. The molecule has 1 heterocycles. The normalized spacial score (nSPS) is 13.4. The predicted molar refractivity (Wildman–Crippen MR) is 94.4 cm³/mol. The van der Waals surface area contributed by atoms with Gasteiger partial charge in [-0.2, -0.15) is 0 Å². The van der Waals surface area contributed by atoms with Gasteiger partial charge in [0.1, 0.15) is 5.00 Å². The predicted octanol–water partition coefficient (Wildman–Crippen LogP) is 2.78. The van der Waals surface area contributed by atoms with E-state index in [0.29, 0.717) is 10.6 Å². The Morgan fingerprint density at radius 3 is 2.09 bits per heavy atom. The number of nitrogens with two attached hydrogens (primary N) is 1. The number of carbonyl (C=O) groups is 1. The molecule has 23 heavy (non-hydrogen) atoms. The Labute approximate surface area is 140 Å². The number of rotatable bonds is 3. The summed E-state index contributed by atoms with van der Waals surface area (Å²) >= 11 is 1.33. The topological polar surface area (TPSA) is 89.3 Å². The molecule has 3 N–H and O–H groups in total. The first-order valence-electron chi connectivity index (χ1n) is 7.30. The van der Waals surface area contributed by atoms with Crippen molar-refractivity contribution < 1.29 is 13.2 Å². The summed E-state index contributed by atoms with van der Waals surface area (Å²) in [4.78, 5) is 12.5. The van der Waals surface area contributed by atoms with Gasteiger partial charge in [0.15, 0.2) is 0 Å². The fourth-order valence-electron chi connectivity index (χ4n) is 2.45. The van der Waals surface area contributed by atoms with Crippen LogP contribution in [0.5, 0.6) is 0 Å². The Bertz CT molecular complexity index is 741. The Balaban J connectivity index is 0.000000268. The minimum atomic E-state index is -3.38. The molecule has 1 aliphatic carbocycles. The van der Waals surface area contributed by atoms with Gasteiger partial charge in [0.2, 0.25) is 10.0 Å². The minimum Gasteiger partial charge on any atom is -0.365 e. The number of hydrogen-bond acceptors (Lipinski definition) is 4. The van der Waals surface area contributed by atoms with Crippen LogP contribution in [0.25, 0.3) is 0 Å². The zero-order valence-corrected chi connectivity index (χ0v) is 14.5. The van der Waals surface area contributed by atoms with E-state index < -0.39 is 15.9 Å². The van der Waals surface area contributed by atoms with Crippen molar-refractivity contribution in [3.8, 4) is 0 Å². The first-order valence-corrected chi connectivity index (χ1v) is 10.0. The molecule has 0 saturated heterocycles. The van der Waals surface area contributed by atoms with Gasteiger partial charge in [-0.05, 0) is 31.2 Å². The van der Waals surface area contributed by atoms with Gasteiger partial charge in [-0.1, -0.05) is 36.4 Å². The van der Waals surface area contributed by atoms with Crippen LogP contribution in [0, 0.1) is 0 Å². The second-order valence-corrected chi connectivity index (χ2v) is 8.16. The zero-order valence-electron chi connectivity index (χ0n) is 12.9. The van der Waals surface area contributed by atoms with E-state index in [9.17, 15) is 13.2 Å². The van der Waals surface area contributed by atoms with Crippen LogP contribution >= 0.6 is 11.3 Å². The fraction of sp³-hybridized carbons (Fsp3) is 0.312. The maximum absolute atomic E-state index is 11.4. The molecule has 0 aliphatic heterocycles. The summed E-state index contributed by atoms with van der Waals surface area (Å²) in [6, 6.07) is 12.0. The number of benzene rings is 1. The molecule has 0 spiro atoms. The Kier molecular flexibility index (Phi) is 5.79. The third-order valence-corrected chi connectivity index (χ3v) is 5.27. The van der Waals surface area contributed by atoms with Crippen LogP contribution < -0.4 is 10.5 Å². The number of aryl methyl sites for hydroxylation is 1. The van der Waals surface area contributed by atoms with Gasteiger partial charge < -0.3 is 5.73 Å². The molecule has 3 rings (SSSR count). The molecule has 124 valence electrons. The van der Waals surface area contributed by atoms with Crippen molar-refractivity contribution in [1.29, 1.82) is 0 Å². The summed E-state index contributed by atoms with van der Waals surface area (Å²) in [7, 11) is -3.38. The number of primary amides is 1. The third-order valence-electron chi connectivity index (χ3n) is 3.36. The van der Waals surface area contributed by atoms with E-state index in [-0.39, 0.29) is 0 Å². The molecule has 1 aromatic carbocycles. The van der Waals surface area contributed by atoms with E-state index in [1.807, 2.05) is 36.4 Å². The maximum Gasteiger partial charge on any atom is 0.252 e. The van der Waals surface area contributed by atoms with E-state index in [0.717, 1.165) is 42.4 Å². The highest BCUT2D eigenvalue weighted by Crippen LogP contribution is 2.38. The Morgan fingerprint density at radius 1 is 1.09 bits per heavy atom. The van der Waals surface area contributed by atoms with Gasteiger partial charge in [-0.25, -0.2) is 8.42 Å². The number of hydrogen-bond donors (Lipinski definition) is 2. The zero-order chi connectivity index (χ0) is 16.9. The van der Waals surface area contributed by atoms with Gasteiger partial charge in [0.05, 0.1) is 11.8 Å². The average Bonchev–Trinajstić information content (AvgIpc) is 2.85. The molecular weight excluding hydrogens is 332 g/mol. The van der Waals surface area contributed by atoms with E-state index >= 15 is 0 Å². The van der Waals surface area contributed by atoms with Crippen LogP contribution in [0.4, 0.5) is 5.00 Å². The Hall–Kier alpha value is -1.86.